The number of fused-ring (bicyclic) bond motifs is 1. The summed E-state index contributed by atoms with van der Waals surface area (Å²) in [5.74, 6) is 0. The molecule has 2 aromatic heterocycles. The van der Waals surface area contributed by atoms with Gasteiger partial charge in [0.1, 0.15) is 7.85 Å². The third-order valence-electron chi connectivity index (χ3n) is 1.88. The van der Waals surface area contributed by atoms with E-state index in [2.05, 4.69) is 41.9 Å². The first-order valence-corrected chi connectivity index (χ1v) is 4.58. The Morgan fingerprint density at radius 3 is 3.08 bits per heavy atom. The van der Waals surface area contributed by atoms with Gasteiger partial charge in [-0.05, 0) is 39.9 Å². The van der Waals surface area contributed by atoms with Crippen molar-refractivity contribution in [2.75, 3.05) is 0 Å². The monoisotopic (exact) mass is 222 g/mol. The second-order valence-corrected chi connectivity index (χ2v) is 3.84. The minimum atomic E-state index is 1.11. The molecule has 0 bridgehead atoms. The highest BCUT2D eigenvalue weighted by atomic mass is 79.9. The van der Waals surface area contributed by atoms with E-state index in [-0.39, 0.29) is 0 Å². The van der Waals surface area contributed by atoms with Gasteiger partial charge in [0.15, 0.2) is 0 Å². The summed E-state index contributed by atoms with van der Waals surface area (Å²) in [7, 11) is 2.06. The first-order valence-electron chi connectivity index (χ1n) is 3.78. The third kappa shape index (κ3) is 1.07. The molecule has 0 radical (unpaired) electrons. The average Bonchev–Trinajstić information content (AvgIpc) is 2.31. The summed E-state index contributed by atoms with van der Waals surface area (Å²) >= 11 is 3.52. The SMILES string of the molecule is Bc1cnn2cc(C)cc(Br)c12. The quantitative estimate of drug-likeness (QED) is 0.599. The minimum Gasteiger partial charge on any atom is -0.240 e. The molecule has 0 saturated heterocycles. The molecule has 0 aliphatic carbocycles. The molecule has 0 aromatic carbocycles. The van der Waals surface area contributed by atoms with Crippen molar-refractivity contribution >= 4 is 34.8 Å². The highest BCUT2D eigenvalue weighted by molar-refractivity contribution is 9.10. The highest BCUT2D eigenvalue weighted by Gasteiger charge is 2.03. The number of aromatic nitrogens is 2. The molecular formula is C8H8BBrN2. The summed E-state index contributed by atoms with van der Waals surface area (Å²) in [4.78, 5) is 0. The summed E-state index contributed by atoms with van der Waals surface area (Å²) in [5.41, 5.74) is 3.56. The Bertz CT molecular complexity index is 436. The maximum absolute atomic E-state index is 4.23. The molecule has 2 aromatic rings. The van der Waals surface area contributed by atoms with Gasteiger partial charge in [0.05, 0.1) is 5.52 Å². The summed E-state index contributed by atoms with van der Waals surface area (Å²) in [6.07, 6.45) is 3.90. The van der Waals surface area contributed by atoms with Crippen molar-refractivity contribution in [1.82, 2.24) is 9.61 Å². The van der Waals surface area contributed by atoms with E-state index in [0.29, 0.717) is 0 Å². The third-order valence-corrected chi connectivity index (χ3v) is 2.49. The Balaban J connectivity index is 2.93. The van der Waals surface area contributed by atoms with E-state index in [0.717, 1.165) is 9.99 Å². The van der Waals surface area contributed by atoms with Crippen LogP contribution in [0.5, 0.6) is 0 Å². The molecule has 0 fully saturated rings. The summed E-state index contributed by atoms with van der Waals surface area (Å²) in [5, 5.41) is 4.23. The molecule has 0 aliphatic heterocycles. The number of aryl methyl sites for hydroxylation is 1. The van der Waals surface area contributed by atoms with Gasteiger partial charge >= 0.3 is 0 Å². The standard InChI is InChI=1S/C8H8BBrN2/c1-5-2-7(10)8-6(9)3-11-12(8)4-5/h2-4H,9H2,1H3. The van der Waals surface area contributed by atoms with Crippen LogP contribution in [0.25, 0.3) is 5.52 Å². The van der Waals surface area contributed by atoms with Gasteiger partial charge in [-0.3, -0.25) is 0 Å². The zero-order valence-corrected chi connectivity index (χ0v) is 8.59. The lowest BCUT2D eigenvalue weighted by molar-refractivity contribution is 0.949. The Hall–Kier alpha value is -0.765. The molecule has 2 nitrogen and oxygen atoms in total. The van der Waals surface area contributed by atoms with Gasteiger partial charge in [0.2, 0.25) is 0 Å². The molecule has 0 unspecified atom stereocenters. The summed E-state index contributed by atoms with van der Waals surface area (Å²) < 4.78 is 3.01. The zero-order valence-electron chi connectivity index (χ0n) is 7.00. The predicted molar refractivity (Wildman–Crippen MR) is 55.8 cm³/mol. The van der Waals surface area contributed by atoms with Crippen LogP contribution in [-0.2, 0) is 0 Å². The fraction of sp³-hybridized carbons (Fsp3) is 0.125. The molecule has 0 amide bonds. The Labute approximate surface area is 80.1 Å². The fourth-order valence-electron chi connectivity index (χ4n) is 1.34. The van der Waals surface area contributed by atoms with E-state index >= 15 is 0 Å². The number of hydrogen-bond acceptors (Lipinski definition) is 1. The van der Waals surface area contributed by atoms with E-state index in [9.17, 15) is 0 Å². The van der Waals surface area contributed by atoms with E-state index in [4.69, 9.17) is 0 Å². The topological polar surface area (TPSA) is 17.3 Å². The van der Waals surface area contributed by atoms with Crippen LogP contribution in [0.1, 0.15) is 5.56 Å². The van der Waals surface area contributed by atoms with E-state index in [1.54, 1.807) is 0 Å². The first-order chi connectivity index (χ1) is 5.68. The molecule has 0 aliphatic rings. The van der Waals surface area contributed by atoms with Gasteiger partial charge in [-0.2, -0.15) is 5.10 Å². The molecule has 12 heavy (non-hydrogen) atoms. The van der Waals surface area contributed by atoms with Crippen LogP contribution < -0.4 is 5.46 Å². The molecule has 4 heteroatoms. The maximum Gasteiger partial charge on any atom is 0.144 e. The number of hydrogen-bond donors (Lipinski definition) is 0. The van der Waals surface area contributed by atoms with Crippen molar-refractivity contribution in [2.45, 2.75) is 6.92 Å². The molecule has 2 rings (SSSR count). The number of nitrogens with zero attached hydrogens (tertiary/aromatic N) is 2. The molecule has 0 saturated carbocycles. The van der Waals surface area contributed by atoms with E-state index in [1.807, 2.05) is 16.9 Å². The molecule has 0 spiro atoms. The maximum atomic E-state index is 4.23. The zero-order chi connectivity index (χ0) is 8.72. The minimum absolute atomic E-state index is 1.11. The Morgan fingerprint density at radius 2 is 2.33 bits per heavy atom. The molecule has 0 atom stereocenters. The van der Waals surface area contributed by atoms with Gasteiger partial charge in [0, 0.05) is 16.9 Å². The molecule has 60 valence electrons. The van der Waals surface area contributed by atoms with Crippen LogP contribution in [0, 0.1) is 6.92 Å². The van der Waals surface area contributed by atoms with Crippen molar-refractivity contribution < 1.29 is 0 Å². The highest BCUT2D eigenvalue weighted by Crippen LogP contribution is 2.16. The van der Waals surface area contributed by atoms with Gasteiger partial charge in [-0.15, -0.1) is 0 Å². The second kappa shape index (κ2) is 2.63. The Morgan fingerprint density at radius 1 is 1.58 bits per heavy atom. The van der Waals surface area contributed by atoms with Crippen LogP contribution in [-0.4, -0.2) is 17.5 Å². The van der Waals surface area contributed by atoms with Crippen molar-refractivity contribution in [3.63, 3.8) is 0 Å². The van der Waals surface area contributed by atoms with Crippen molar-refractivity contribution in [1.29, 1.82) is 0 Å². The average molecular weight is 223 g/mol. The number of halogens is 1. The summed E-state index contributed by atoms with van der Waals surface area (Å²) in [6.45, 7) is 2.06. The van der Waals surface area contributed by atoms with E-state index < -0.39 is 0 Å². The normalized spacial score (nSPS) is 10.8. The van der Waals surface area contributed by atoms with Crippen LogP contribution in [0.4, 0.5) is 0 Å². The van der Waals surface area contributed by atoms with Crippen LogP contribution in [0.3, 0.4) is 0 Å². The number of rotatable bonds is 0. The Kier molecular flexibility index (Phi) is 1.72. The molecule has 0 N–H and O–H groups in total. The predicted octanol–water partition coefficient (Wildman–Crippen LogP) is 0.664. The fourth-order valence-corrected chi connectivity index (χ4v) is 2.20. The molecular weight excluding hydrogens is 215 g/mol. The van der Waals surface area contributed by atoms with Crippen molar-refractivity contribution in [2.24, 2.45) is 0 Å². The lowest BCUT2D eigenvalue weighted by atomic mass is 9.98. The van der Waals surface area contributed by atoms with Crippen LogP contribution >= 0.6 is 15.9 Å². The first kappa shape index (κ1) is 7.86. The van der Waals surface area contributed by atoms with Gasteiger partial charge in [0.25, 0.3) is 0 Å². The van der Waals surface area contributed by atoms with Gasteiger partial charge < -0.3 is 0 Å². The second-order valence-electron chi connectivity index (χ2n) is 2.99. The number of pyridine rings is 1. The summed E-state index contributed by atoms with van der Waals surface area (Å²) in [6, 6.07) is 2.10. The van der Waals surface area contributed by atoms with Crippen LogP contribution in [0.2, 0.25) is 0 Å². The van der Waals surface area contributed by atoms with Crippen LogP contribution in [0.15, 0.2) is 22.9 Å². The van der Waals surface area contributed by atoms with Crippen molar-refractivity contribution in [3.05, 3.63) is 28.5 Å². The van der Waals surface area contributed by atoms with E-state index in [1.165, 1.54) is 11.0 Å². The largest absolute Gasteiger partial charge is 0.240 e. The van der Waals surface area contributed by atoms with Gasteiger partial charge in [-0.25, -0.2) is 4.52 Å². The smallest absolute Gasteiger partial charge is 0.144 e. The lowest BCUT2D eigenvalue weighted by Gasteiger charge is -1.99. The lowest BCUT2D eigenvalue weighted by Crippen LogP contribution is -2.00. The van der Waals surface area contributed by atoms with Crippen molar-refractivity contribution in [3.8, 4) is 0 Å². The van der Waals surface area contributed by atoms with Gasteiger partial charge in [-0.1, -0.05) is 0 Å². The molecule has 2 heterocycles.